The highest BCUT2D eigenvalue weighted by atomic mass is 16.6. The summed E-state index contributed by atoms with van der Waals surface area (Å²) >= 11 is 0. The lowest BCUT2D eigenvalue weighted by atomic mass is 9.99. The lowest BCUT2D eigenvalue weighted by molar-refractivity contribution is -0.402. The first-order chi connectivity index (χ1) is 10.4. The molecule has 1 aromatic carbocycles. The molecule has 1 aromatic heterocycles. The van der Waals surface area contributed by atoms with Gasteiger partial charge in [0, 0.05) is 0 Å². The van der Waals surface area contributed by atoms with Crippen molar-refractivity contribution in [3.63, 3.8) is 0 Å². The van der Waals surface area contributed by atoms with Gasteiger partial charge in [-0.05, 0) is 30.0 Å². The summed E-state index contributed by atoms with van der Waals surface area (Å²) in [5.74, 6) is -0.549. The van der Waals surface area contributed by atoms with Crippen LogP contribution in [0.2, 0.25) is 0 Å². The number of nitro groups is 1. The molecule has 0 fully saturated rings. The number of benzene rings is 1. The highest BCUT2D eigenvalue weighted by molar-refractivity contribution is 5.91. The van der Waals surface area contributed by atoms with Gasteiger partial charge in [-0.1, -0.05) is 38.1 Å². The van der Waals surface area contributed by atoms with E-state index in [4.69, 9.17) is 4.42 Å². The van der Waals surface area contributed by atoms with Crippen LogP contribution in [-0.4, -0.2) is 10.8 Å². The van der Waals surface area contributed by atoms with E-state index in [-0.39, 0.29) is 11.8 Å². The molecule has 1 atom stereocenters. The zero-order chi connectivity index (χ0) is 16.3. The molecule has 0 radical (unpaired) electrons. The van der Waals surface area contributed by atoms with Crippen LogP contribution in [0.4, 0.5) is 5.88 Å². The molecule has 0 aliphatic rings. The average Bonchev–Trinajstić information content (AvgIpc) is 2.97. The van der Waals surface area contributed by atoms with Gasteiger partial charge in [0.2, 0.25) is 0 Å². The molecule has 6 nitrogen and oxygen atoms in total. The van der Waals surface area contributed by atoms with E-state index in [1.54, 1.807) is 0 Å². The molecule has 1 N–H and O–H groups in total. The standard InChI is InChI=1S/C16H18N2O4/c1-10(2)12-4-6-13(7-5-12)11(3)17-16(19)14-8-9-15(22-14)18(20)21/h4-11H,1-3H3,(H,17,19). The summed E-state index contributed by atoms with van der Waals surface area (Å²) in [6.07, 6.45) is 0. The van der Waals surface area contributed by atoms with Crippen LogP contribution in [0.5, 0.6) is 0 Å². The molecule has 0 spiro atoms. The van der Waals surface area contributed by atoms with Crippen LogP contribution in [0, 0.1) is 10.1 Å². The van der Waals surface area contributed by atoms with Gasteiger partial charge in [0.05, 0.1) is 12.1 Å². The Hall–Kier alpha value is -2.63. The fourth-order valence-corrected chi connectivity index (χ4v) is 2.07. The van der Waals surface area contributed by atoms with Crippen molar-refractivity contribution in [3.05, 3.63) is 63.4 Å². The van der Waals surface area contributed by atoms with Gasteiger partial charge < -0.3 is 9.73 Å². The number of amides is 1. The molecule has 0 saturated carbocycles. The van der Waals surface area contributed by atoms with Crippen LogP contribution < -0.4 is 5.32 Å². The predicted octanol–water partition coefficient (Wildman–Crippen LogP) is 3.80. The number of nitrogens with one attached hydrogen (secondary N) is 1. The third-order valence-corrected chi connectivity index (χ3v) is 3.45. The van der Waals surface area contributed by atoms with E-state index in [0.29, 0.717) is 5.92 Å². The Kier molecular flexibility index (Phi) is 4.60. The number of carbonyl (C=O) groups is 1. The SMILES string of the molecule is CC(C)c1ccc(C(C)NC(=O)c2ccc([N+](=O)[O-])o2)cc1. The third kappa shape index (κ3) is 3.52. The molecule has 2 aromatic rings. The van der Waals surface area contributed by atoms with Crippen molar-refractivity contribution in [2.75, 3.05) is 0 Å². The fourth-order valence-electron chi connectivity index (χ4n) is 2.07. The quantitative estimate of drug-likeness (QED) is 0.672. The van der Waals surface area contributed by atoms with E-state index in [0.717, 1.165) is 11.6 Å². The minimum atomic E-state index is -0.676. The maximum absolute atomic E-state index is 12.0. The highest BCUT2D eigenvalue weighted by Crippen LogP contribution is 2.20. The molecule has 116 valence electrons. The van der Waals surface area contributed by atoms with Crippen molar-refractivity contribution >= 4 is 11.8 Å². The second kappa shape index (κ2) is 6.43. The maximum Gasteiger partial charge on any atom is 0.433 e. The predicted molar refractivity (Wildman–Crippen MR) is 81.8 cm³/mol. The zero-order valence-electron chi connectivity index (χ0n) is 12.7. The molecule has 22 heavy (non-hydrogen) atoms. The monoisotopic (exact) mass is 302 g/mol. The Morgan fingerprint density at radius 3 is 2.18 bits per heavy atom. The fraction of sp³-hybridized carbons (Fsp3) is 0.312. The molecular formula is C16H18N2O4. The van der Waals surface area contributed by atoms with Gasteiger partial charge in [0.1, 0.15) is 4.92 Å². The van der Waals surface area contributed by atoms with Gasteiger partial charge in [0.15, 0.2) is 5.76 Å². The Morgan fingerprint density at radius 1 is 1.09 bits per heavy atom. The normalized spacial score (nSPS) is 12.2. The molecule has 1 heterocycles. The van der Waals surface area contributed by atoms with Crippen LogP contribution in [0.15, 0.2) is 40.8 Å². The van der Waals surface area contributed by atoms with E-state index in [2.05, 4.69) is 19.2 Å². The van der Waals surface area contributed by atoms with Crippen molar-refractivity contribution < 1.29 is 14.1 Å². The number of hydrogen-bond acceptors (Lipinski definition) is 4. The smallest absolute Gasteiger partial charge is 0.395 e. The van der Waals surface area contributed by atoms with E-state index in [1.807, 2.05) is 31.2 Å². The number of hydrogen-bond donors (Lipinski definition) is 1. The van der Waals surface area contributed by atoms with Crippen LogP contribution in [0.25, 0.3) is 0 Å². The van der Waals surface area contributed by atoms with Gasteiger partial charge in [-0.15, -0.1) is 0 Å². The van der Waals surface area contributed by atoms with Gasteiger partial charge >= 0.3 is 5.88 Å². The van der Waals surface area contributed by atoms with Crippen molar-refractivity contribution in [1.82, 2.24) is 5.32 Å². The molecular weight excluding hydrogens is 284 g/mol. The number of furan rings is 1. The van der Waals surface area contributed by atoms with Crippen molar-refractivity contribution in [3.8, 4) is 0 Å². The van der Waals surface area contributed by atoms with Crippen LogP contribution >= 0.6 is 0 Å². The molecule has 6 heteroatoms. The summed E-state index contributed by atoms with van der Waals surface area (Å²) in [5, 5.41) is 13.3. The van der Waals surface area contributed by atoms with E-state index >= 15 is 0 Å². The Bertz CT molecular complexity index is 674. The molecule has 0 aliphatic heterocycles. The van der Waals surface area contributed by atoms with Crippen molar-refractivity contribution in [1.29, 1.82) is 0 Å². The molecule has 1 amide bonds. The third-order valence-electron chi connectivity index (χ3n) is 3.45. The molecule has 2 rings (SSSR count). The Balaban J connectivity index is 2.05. The van der Waals surface area contributed by atoms with Crippen LogP contribution in [0.1, 0.15) is 54.4 Å². The second-order valence-corrected chi connectivity index (χ2v) is 5.41. The first-order valence-electron chi connectivity index (χ1n) is 7.03. The highest BCUT2D eigenvalue weighted by Gasteiger charge is 2.19. The van der Waals surface area contributed by atoms with E-state index in [9.17, 15) is 14.9 Å². The number of nitrogens with zero attached hydrogens (tertiary/aromatic N) is 1. The maximum atomic E-state index is 12.0. The minimum absolute atomic E-state index is 0.0719. The summed E-state index contributed by atoms with van der Waals surface area (Å²) in [4.78, 5) is 21.9. The number of rotatable bonds is 5. The summed E-state index contributed by atoms with van der Waals surface area (Å²) in [6, 6.07) is 10.2. The first-order valence-corrected chi connectivity index (χ1v) is 7.03. The van der Waals surface area contributed by atoms with Gasteiger partial charge in [-0.25, -0.2) is 0 Å². The molecule has 1 unspecified atom stereocenters. The van der Waals surface area contributed by atoms with Crippen LogP contribution in [0.3, 0.4) is 0 Å². The molecule has 0 saturated heterocycles. The van der Waals surface area contributed by atoms with Gasteiger partial charge in [0.25, 0.3) is 5.91 Å². The number of carbonyl (C=O) groups excluding carboxylic acids is 1. The largest absolute Gasteiger partial charge is 0.433 e. The molecule has 0 aliphatic carbocycles. The van der Waals surface area contributed by atoms with Crippen molar-refractivity contribution in [2.24, 2.45) is 0 Å². The summed E-state index contributed by atoms with van der Waals surface area (Å²) in [5.41, 5.74) is 2.18. The Morgan fingerprint density at radius 2 is 1.68 bits per heavy atom. The summed E-state index contributed by atoms with van der Waals surface area (Å²) in [7, 11) is 0. The summed E-state index contributed by atoms with van der Waals surface area (Å²) in [6.45, 7) is 6.08. The lowest BCUT2D eigenvalue weighted by Crippen LogP contribution is -2.26. The Labute approximate surface area is 128 Å². The minimum Gasteiger partial charge on any atom is -0.395 e. The van der Waals surface area contributed by atoms with E-state index in [1.165, 1.54) is 11.6 Å². The second-order valence-electron chi connectivity index (χ2n) is 5.41. The zero-order valence-corrected chi connectivity index (χ0v) is 12.7. The van der Waals surface area contributed by atoms with Gasteiger partial charge in [-0.2, -0.15) is 0 Å². The lowest BCUT2D eigenvalue weighted by Gasteiger charge is -2.14. The molecule has 0 bridgehead atoms. The average molecular weight is 302 g/mol. The van der Waals surface area contributed by atoms with Crippen LogP contribution in [-0.2, 0) is 0 Å². The summed E-state index contributed by atoms with van der Waals surface area (Å²) < 4.78 is 4.88. The van der Waals surface area contributed by atoms with Gasteiger partial charge in [-0.3, -0.25) is 14.9 Å². The topological polar surface area (TPSA) is 85.4 Å². The van der Waals surface area contributed by atoms with E-state index < -0.39 is 16.7 Å². The first kappa shape index (κ1) is 15.8. The van der Waals surface area contributed by atoms with Crippen molar-refractivity contribution in [2.45, 2.75) is 32.7 Å².